The molecule has 0 saturated carbocycles. The summed E-state index contributed by atoms with van der Waals surface area (Å²) in [6.45, 7) is -0.390. The number of alkyl halides is 2. The normalized spacial score (nSPS) is 10.6. The van der Waals surface area contributed by atoms with Crippen LogP contribution in [0.1, 0.15) is 5.56 Å². The maximum Gasteiger partial charge on any atom is 0.255 e. The highest BCUT2D eigenvalue weighted by atomic mass is 35.5. The van der Waals surface area contributed by atoms with E-state index in [1.165, 1.54) is 18.0 Å². The van der Waals surface area contributed by atoms with E-state index >= 15 is 0 Å². The second kappa shape index (κ2) is 5.12. The second-order valence-corrected chi connectivity index (χ2v) is 3.76. The number of anilines is 1. The van der Waals surface area contributed by atoms with Crippen LogP contribution in [0.4, 0.5) is 14.5 Å². The summed E-state index contributed by atoms with van der Waals surface area (Å²) in [5.41, 5.74) is 6.24. The summed E-state index contributed by atoms with van der Waals surface area (Å²) in [6.07, 6.45) is -2.42. The number of benzene rings is 1. The molecule has 0 saturated heterocycles. The van der Waals surface area contributed by atoms with Crippen molar-refractivity contribution >= 4 is 23.1 Å². The maximum absolute atomic E-state index is 12.2. The molecule has 0 atom stereocenters. The van der Waals surface area contributed by atoms with E-state index in [4.69, 9.17) is 22.7 Å². The van der Waals surface area contributed by atoms with Crippen LogP contribution in [-0.4, -0.2) is 25.9 Å². The van der Waals surface area contributed by atoms with E-state index in [0.29, 0.717) is 16.3 Å². The number of halogens is 3. The fourth-order valence-electron chi connectivity index (χ4n) is 1.29. The van der Waals surface area contributed by atoms with Crippen LogP contribution < -0.4 is 10.6 Å². The SMILES string of the molecule is CN(CC(F)F)c1ccc(C(=N)N)cc1Cl. The minimum Gasteiger partial charge on any atom is -0.384 e. The van der Waals surface area contributed by atoms with E-state index in [-0.39, 0.29) is 12.4 Å². The quantitative estimate of drug-likeness (QED) is 0.634. The predicted molar refractivity (Wildman–Crippen MR) is 61.7 cm³/mol. The van der Waals surface area contributed by atoms with Crippen molar-refractivity contribution < 1.29 is 8.78 Å². The van der Waals surface area contributed by atoms with Crippen molar-refractivity contribution in [3.8, 4) is 0 Å². The predicted octanol–water partition coefficient (Wildman–Crippen LogP) is 2.33. The first-order valence-corrected chi connectivity index (χ1v) is 4.93. The molecule has 6 heteroatoms. The third-order valence-electron chi connectivity index (χ3n) is 2.08. The van der Waals surface area contributed by atoms with E-state index in [0.717, 1.165) is 0 Å². The second-order valence-electron chi connectivity index (χ2n) is 3.35. The number of nitrogens with zero attached hydrogens (tertiary/aromatic N) is 1. The van der Waals surface area contributed by atoms with Gasteiger partial charge in [-0.25, -0.2) is 8.78 Å². The maximum atomic E-state index is 12.2. The number of amidine groups is 1. The Morgan fingerprint density at radius 1 is 1.56 bits per heavy atom. The average Bonchev–Trinajstić information content (AvgIpc) is 2.15. The lowest BCUT2D eigenvalue weighted by Gasteiger charge is -2.20. The first-order valence-electron chi connectivity index (χ1n) is 4.55. The van der Waals surface area contributed by atoms with Gasteiger partial charge >= 0.3 is 0 Å². The van der Waals surface area contributed by atoms with E-state index in [9.17, 15) is 8.78 Å². The lowest BCUT2D eigenvalue weighted by atomic mass is 10.2. The molecule has 0 amide bonds. The molecule has 3 nitrogen and oxygen atoms in total. The Kier molecular flexibility index (Phi) is 4.06. The molecule has 16 heavy (non-hydrogen) atoms. The fraction of sp³-hybridized carbons (Fsp3) is 0.300. The number of nitrogen functional groups attached to an aromatic ring is 1. The van der Waals surface area contributed by atoms with Crippen LogP contribution in [0.5, 0.6) is 0 Å². The van der Waals surface area contributed by atoms with Crippen molar-refractivity contribution in [1.29, 1.82) is 5.41 Å². The molecular weight excluding hydrogens is 236 g/mol. The molecule has 0 aromatic heterocycles. The largest absolute Gasteiger partial charge is 0.384 e. The van der Waals surface area contributed by atoms with Gasteiger partial charge in [0.15, 0.2) is 0 Å². The van der Waals surface area contributed by atoms with Crippen molar-refractivity contribution in [2.45, 2.75) is 6.43 Å². The highest BCUT2D eigenvalue weighted by Crippen LogP contribution is 2.26. The summed E-state index contributed by atoms with van der Waals surface area (Å²) in [6, 6.07) is 4.63. The molecular formula is C10H12ClF2N3. The van der Waals surface area contributed by atoms with E-state index < -0.39 is 6.43 Å². The third-order valence-corrected chi connectivity index (χ3v) is 2.38. The van der Waals surface area contributed by atoms with Crippen LogP contribution in [-0.2, 0) is 0 Å². The zero-order chi connectivity index (χ0) is 12.3. The molecule has 0 aliphatic rings. The highest BCUT2D eigenvalue weighted by Gasteiger charge is 2.12. The van der Waals surface area contributed by atoms with Gasteiger partial charge in [0, 0.05) is 12.6 Å². The molecule has 0 heterocycles. The van der Waals surface area contributed by atoms with Gasteiger partial charge in [-0.05, 0) is 18.2 Å². The van der Waals surface area contributed by atoms with Crippen molar-refractivity contribution in [1.82, 2.24) is 0 Å². The molecule has 0 bridgehead atoms. The van der Waals surface area contributed by atoms with Crippen molar-refractivity contribution in [2.75, 3.05) is 18.5 Å². The summed E-state index contributed by atoms with van der Waals surface area (Å²) in [5, 5.41) is 7.51. The van der Waals surface area contributed by atoms with Crippen LogP contribution in [0.15, 0.2) is 18.2 Å². The Morgan fingerprint density at radius 3 is 2.62 bits per heavy atom. The lowest BCUT2D eigenvalue weighted by molar-refractivity contribution is 0.156. The minimum absolute atomic E-state index is 0.107. The van der Waals surface area contributed by atoms with Crippen molar-refractivity contribution in [3.05, 3.63) is 28.8 Å². The topological polar surface area (TPSA) is 53.1 Å². The Hall–Kier alpha value is -1.36. The third kappa shape index (κ3) is 3.06. The van der Waals surface area contributed by atoms with Gasteiger partial charge in [-0.3, -0.25) is 5.41 Å². The number of hydrogen-bond donors (Lipinski definition) is 2. The molecule has 3 N–H and O–H groups in total. The minimum atomic E-state index is -2.42. The van der Waals surface area contributed by atoms with Gasteiger partial charge in [0.25, 0.3) is 6.43 Å². The molecule has 1 aromatic rings. The zero-order valence-corrected chi connectivity index (χ0v) is 9.43. The van der Waals surface area contributed by atoms with Crippen LogP contribution in [0, 0.1) is 5.41 Å². The Labute approximate surface area is 97.3 Å². The average molecular weight is 248 g/mol. The lowest BCUT2D eigenvalue weighted by Crippen LogP contribution is -2.24. The van der Waals surface area contributed by atoms with Gasteiger partial charge in [-0.15, -0.1) is 0 Å². The summed E-state index contributed by atoms with van der Waals surface area (Å²) >= 11 is 5.91. The summed E-state index contributed by atoms with van der Waals surface area (Å²) in [7, 11) is 1.53. The molecule has 1 rings (SSSR count). The molecule has 0 aliphatic carbocycles. The summed E-state index contributed by atoms with van der Waals surface area (Å²) in [5.74, 6) is -0.107. The fourth-order valence-corrected chi connectivity index (χ4v) is 1.61. The summed E-state index contributed by atoms with van der Waals surface area (Å²) in [4.78, 5) is 1.36. The van der Waals surface area contributed by atoms with Gasteiger partial charge in [-0.2, -0.15) is 0 Å². The van der Waals surface area contributed by atoms with E-state index in [2.05, 4.69) is 0 Å². The Balaban J connectivity index is 2.94. The molecule has 0 unspecified atom stereocenters. The van der Waals surface area contributed by atoms with E-state index in [1.807, 2.05) is 0 Å². The first kappa shape index (κ1) is 12.7. The summed E-state index contributed by atoms with van der Waals surface area (Å²) < 4.78 is 24.3. The number of nitrogens with one attached hydrogen (secondary N) is 1. The number of hydrogen-bond acceptors (Lipinski definition) is 2. The van der Waals surface area contributed by atoms with Gasteiger partial charge in [0.1, 0.15) is 5.84 Å². The standard InChI is InChI=1S/C10H12ClF2N3/c1-16(5-9(12)13)8-3-2-6(10(14)15)4-7(8)11/h2-4,9H,5H2,1H3,(H3,14,15). The first-order chi connectivity index (χ1) is 7.41. The molecule has 88 valence electrons. The van der Waals surface area contributed by atoms with Crippen LogP contribution in [0.25, 0.3) is 0 Å². The molecule has 0 spiro atoms. The van der Waals surface area contributed by atoms with Gasteiger partial charge < -0.3 is 10.6 Å². The Bertz CT molecular complexity index is 396. The molecule has 0 aliphatic heterocycles. The number of rotatable bonds is 4. The van der Waals surface area contributed by atoms with Crippen LogP contribution >= 0.6 is 11.6 Å². The zero-order valence-electron chi connectivity index (χ0n) is 8.67. The van der Waals surface area contributed by atoms with E-state index in [1.54, 1.807) is 12.1 Å². The number of nitrogens with two attached hydrogens (primary N) is 1. The van der Waals surface area contributed by atoms with Gasteiger partial charge in [0.2, 0.25) is 0 Å². The smallest absolute Gasteiger partial charge is 0.255 e. The van der Waals surface area contributed by atoms with Gasteiger partial charge in [0.05, 0.1) is 17.3 Å². The molecule has 0 fully saturated rings. The monoisotopic (exact) mass is 247 g/mol. The molecule has 1 aromatic carbocycles. The van der Waals surface area contributed by atoms with Crippen LogP contribution in [0.2, 0.25) is 5.02 Å². The van der Waals surface area contributed by atoms with Crippen LogP contribution in [0.3, 0.4) is 0 Å². The molecule has 0 radical (unpaired) electrons. The van der Waals surface area contributed by atoms with Crippen molar-refractivity contribution in [3.63, 3.8) is 0 Å². The Morgan fingerprint density at radius 2 is 2.19 bits per heavy atom. The highest BCUT2D eigenvalue weighted by molar-refractivity contribution is 6.33. The van der Waals surface area contributed by atoms with Crippen molar-refractivity contribution in [2.24, 2.45) is 5.73 Å². The van der Waals surface area contributed by atoms with Gasteiger partial charge in [-0.1, -0.05) is 11.6 Å².